The highest BCUT2D eigenvalue weighted by Gasteiger charge is 2.30. The quantitative estimate of drug-likeness (QED) is 0.0222. The van der Waals surface area contributed by atoms with Gasteiger partial charge in [-0.3, -0.25) is 37.3 Å². The van der Waals surface area contributed by atoms with E-state index in [2.05, 4.69) is 34.6 Å². The smallest absolute Gasteiger partial charge is 0.462 e. The van der Waals surface area contributed by atoms with Gasteiger partial charge >= 0.3 is 39.5 Å². The molecule has 0 heterocycles. The Kier molecular flexibility index (Phi) is 56.4. The fraction of sp³-hybridized carbons (Fsp3) is 0.938. The Morgan fingerprint density at radius 2 is 0.578 bits per heavy atom. The van der Waals surface area contributed by atoms with Gasteiger partial charge in [-0.25, -0.2) is 9.13 Å². The summed E-state index contributed by atoms with van der Waals surface area (Å²) in [6.07, 6.45) is 41.6. The van der Waals surface area contributed by atoms with Crippen molar-refractivity contribution in [3.63, 3.8) is 0 Å². The number of rotatable bonds is 64. The Morgan fingerprint density at radius 3 is 0.855 bits per heavy atom. The molecule has 0 bridgehead atoms. The van der Waals surface area contributed by atoms with Gasteiger partial charge in [-0.2, -0.15) is 0 Å². The van der Waals surface area contributed by atoms with Crippen molar-refractivity contribution in [2.75, 3.05) is 39.6 Å². The lowest BCUT2D eigenvalue weighted by atomic mass is 9.99. The standard InChI is InChI=1S/C64H124O17P2/c1-6-10-13-16-19-22-23-24-29-33-38-43-48-62(67)75-54-60(81-64(69)50-45-40-35-30-26-25-28-31-36-41-46-57(5)9-4)56-79-83(72,73)77-52-58(65)51-76-82(70,71)78-55-59(53-74-61(66)47-42-37-32-21-18-15-12-8-3)80-63(68)49-44-39-34-27-20-17-14-11-7-2/h57-60,65H,6-56H2,1-5H3,(H,70,71)(H,72,73)/t57?,58-,59+,60+/m0/s1. The Bertz CT molecular complexity index is 1620. The Morgan fingerprint density at radius 1 is 0.337 bits per heavy atom. The van der Waals surface area contributed by atoms with Crippen LogP contribution in [0.3, 0.4) is 0 Å². The normalized spacial score (nSPS) is 14.6. The molecule has 3 unspecified atom stereocenters. The van der Waals surface area contributed by atoms with Gasteiger partial charge in [0.1, 0.15) is 19.3 Å². The van der Waals surface area contributed by atoms with Crippen LogP contribution in [-0.4, -0.2) is 96.7 Å². The molecule has 6 atom stereocenters. The molecule has 0 saturated carbocycles. The minimum atomic E-state index is -4.94. The van der Waals surface area contributed by atoms with E-state index >= 15 is 0 Å². The predicted octanol–water partition coefficient (Wildman–Crippen LogP) is 17.8. The Labute approximate surface area is 505 Å². The molecule has 0 aromatic heterocycles. The highest BCUT2D eigenvalue weighted by molar-refractivity contribution is 7.47. The number of unbranched alkanes of at least 4 members (excludes halogenated alkanes) is 35. The van der Waals surface area contributed by atoms with Crippen molar-refractivity contribution < 1.29 is 80.2 Å². The molecule has 0 aromatic rings. The Balaban J connectivity index is 5.22. The Hall–Kier alpha value is -1.94. The van der Waals surface area contributed by atoms with Gasteiger partial charge in [0.15, 0.2) is 12.2 Å². The van der Waals surface area contributed by atoms with E-state index in [1.165, 1.54) is 141 Å². The molecule has 0 saturated heterocycles. The van der Waals surface area contributed by atoms with Gasteiger partial charge in [0.2, 0.25) is 0 Å². The molecular formula is C64H124O17P2. The molecule has 19 heteroatoms. The molecule has 3 N–H and O–H groups in total. The molecule has 17 nitrogen and oxygen atoms in total. The van der Waals surface area contributed by atoms with Crippen LogP contribution in [0.1, 0.15) is 324 Å². The number of hydrogen-bond donors (Lipinski definition) is 3. The molecular weight excluding hydrogens is 1100 g/mol. The lowest BCUT2D eigenvalue weighted by Gasteiger charge is -2.21. The number of carbonyl (C=O) groups is 4. The van der Waals surface area contributed by atoms with Gasteiger partial charge in [-0.1, -0.05) is 272 Å². The van der Waals surface area contributed by atoms with Crippen LogP contribution < -0.4 is 0 Å². The third kappa shape index (κ3) is 57.6. The van der Waals surface area contributed by atoms with E-state index < -0.39 is 97.5 Å². The third-order valence-electron chi connectivity index (χ3n) is 15.1. The van der Waals surface area contributed by atoms with Gasteiger partial charge in [-0.15, -0.1) is 0 Å². The van der Waals surface area contributed by atoms with E-state index in [0.717, 1.165) is 102 Å². The summed E-state index contributed by atoms with van der Waals surface area (Å²) in [6.45, 7) is 7.18. The van der Waals surface area contributed by atoms with Crippen molar-refractivity contribution in [1.29, 1.82) is 0 Å². The summed E-state index contributed by atoms with van der Waals surface area (Å²) in [6, 6.07) is 0. The number of aliphatic hydroxyl groups is 1. The molecule has 0 amide bonds. The minimum absolute atomic E-state index is 0.106. The first-order valence-electron chi connectivity index (χ1n) is 33.7. The van der Waals surface area contributed by atoms with E-state index in [1.54, 1.807) is 0 Å². The maximum Gasteiger partial charge on any atom is 0.472 e. The van der Waals surface area contributed by atoms with E-state index in [-0.39, 0.29) is 25.7 Å². The lowest BCUT2D eigenvalue weighted by molar-refractivity contribution is -0.161. The van der Waals surface area contributed by atoms with Crippen LogP contribution in [0, 0.1) is 5.92 Å². The van der Waals surface area contributed by atoms with Crippen LogP contribution in [0.15, 0.2) is 0 Å². The molecule has 492 valence electrons. The van der Waals surface area contributed by atoms with Crippen molar-refractivity contribution in [3.05, 3.63) is 0 Å². The lowest BCUT2D eigenvalue weighted by Crippen LogP contribution is -2.30. The largest absolute Gasteiger partial charge is 0.472 e. The number of ether oxygens (including phenoxy) is 4. The number of aliphatic hydroxyl groups excluding tert-OH is 1. The molecule has 0 aliphatic rings. The number of carbonyl (C=O) groups excluding carboxylic acids is 4. The number of phosphoric acid groups is 2. The van der Waals surface area contributed by atoms with Crippen LogP contribution in [0.4, 0.5) is 0 Å². The first-order chi connectivity index (χ1) is 40.1. The monoisotopic (exact) mass is 1230 g/mol. The second-order valence-corrected chi connectivity index (χ2v) is 26.3. The maximum atomic E-state index is 13.0. The highest BCUT2D eigenvalue weighted by Crippen LogP contribution is 2.45. The average Bonchev–Trinajstić information content (AvgIpc) is 3.49. The van der Waals surface area contributed by atoms with Crippen LogP contribution in [0.25, 0.3) is 0 Å². The number of hydrogen-bond acceptors (Lipinski definition) is 15. The summed E-state index contributed by atoms with van der Waals surface area (Å²) in [5.74, 6) is -1.33. The van der Waals surface area contributed by atoms with Gasteiger partial charge in [0.25, 0.3) is 0 Å². The van der Waals surface area contributed by atoms with Gasteiger partial charge < -0.3 is 33.8 Å². The fourth-order valence-corrected chi connectivity index (χ4v) is 11.1. The molecule has 0 spiro atoms. The first kappa shape index (κ1) is 81.1. The van der Waals surface area contributed by atoms with E-state index in [1.807, 2.05) is 0 Å². The zero-order valence-corrected chi connectivity index (χ0v) is 55.1. The van der Waals surface area contributed by atoms with Crippen LogP contribution in [0.5, 0.6) is 0 Å². The third-order valence-corrected chi connectivity index (χ3v) is 17.0. The molecule has 0 aromatic carbocycles. The SMILES string of the molecule is CCCCCCCCCCCCCCC(=O)OC[C@H](COP(=O)(O)OC[C@@H](O)COP(=O)(O)OC[C@@H](COC(=O)CCCCCCCCCC)OC(=O)CCCCCCCCCCC)OC(=O)CCCCCCCCCCCCC(C)CC. The topological polar surface area (TPSA) is 237 Å². The first-order valence-corrected chi connectivity index (χ1v) is 36.7. The van der Waals surface area contributed by atoms with E-state index in [9.17, 15) is 43.2 Å². The second kappa shape index (κ2) is 57.8. The van der Waals surface area contributed by atoms with Crippen molar-refractivity contribution >= 4 is 39.5 Å². The number of phosphoric ester groups is 2. The molecule has 0 rings (SSSR count). The summed E-state index contributed by atoms with van der Waals surface area (Å²) in [7, 11) is -9.88. The van der Waals surface area contributed by atoms with Gasteiger partial charge in [0.05, 0.1) is 26.4 Å². The predicted molar refractivity (Wildman–Crippen MR) is 331 cm³/mol. The zero-order valence-electron chi connectivity index (χ0n) is 53.3. The minimum Gasteiger partial charge on any atom is -0.462 e. The summed E-state index contributed by atoms with van der Waals surface area (Å²) in [5.41, 5.74) is 0. The molecule has 0 radical (unpaired) electrons. The highest BCUT2D eigenvalue weighted by atomic mass is 31.2. The summed E-state index contributed by atoms with van der Waals surface area (Å²) in [4.78, 5) is 72.1. The molecule has 0 aliphatic heterocycles. The fourth-order valence-electron chi connectivity index (χ4n) is 9.55. The van der Waals surface area contributed by atoms with Gasteiger partial charge in [-0.05, 0) is 31.6 Å². The molecule has 83 heavy (non-hydrogen) atoms. The molecule has 0 aliphatic carbocycles. The maximum absolute atomic E-state index is 13.0. The van der Waals surface area contributed by atoms with Crippen molar-refractivity contribution in [2.24, 2.45) is 5.92 Å². The summed E-state index contributed by atoms with van der Waals surface area (Å²) < 4.78 is 67.9. The molecule has 0 fully saturated rings. The van der Waals surface area contributed by atoms with Crippen LogP contribution in [0.2, 0.25) is 0 Å². The van der Waals surface area contributed by atoms with Crippen LogP contribution in [-0.2, 0) is 65.4 Å². The summed E-state index contributed by atoms with van der Waals surface area (Å²) >= 11 is 0. The second-order valence-electron chi connectivity index (χ2n) is 23.4. The number of esters is 4. The van der Waals surface area contributed by atoms with Crippen molar-refractivity contribution in [3.8, 4) is 0 Å². The van der Waals surface area contributed by atoms with Crippen LogP contribution >= 0.6 is 15.6 Å². The van der Waals surface area contributed by atoms with Crippen molar-refractivity contribution in [2.45, 2.75) is 342 Å². The van der Waals surface area contributed by atoms with Gasteiger partial charge in [0, 0.05) is 25.7 Å². The van der Waals surface area contributed by atoms with E-state index in [4.69, 9.17) is 37.0 Å². The zero-order chi connectivity index (χ0) is 61.3. The summed E-state index contributed by atoms with van der Waals surface area (Å²) in [5, 5.41) is 10.5. The van der Waals surface area contributed by atoms with E-state index in [0.29, 0.717) is 25.7 Å². The van der Waals surface area contributed by atoms with Crippen molar-refractivity contribution in [1.82, 2.24) is 0 Å². The average molecular weight is 1230 g/mol.